The van der Waals surface area contributed by atoms with Gasteiger partial charge in [0.2, 0.25) is 0 Å². The van der Waals surface area contributed by atoms with Crippen LogP contribution in [0.2, 0.25) is 12.6 Å². The van der Waals surface area contributed by atoms with E-state index in [1.807, 2.05) is 0 Å². The zero-order valence-corrected chi connectivity index (χ0v) is 9.66. The lowest BCUT2D eigenvalue weighted by molar-refractivity contribution is -0.120. The van der Waals surface area contributed by atoms with Gasteiger partial charge in [-0.15, -0.1) is 0 Å². The maximum absolute atomic E-state index is 11.5. The molecule has 4 heteroatoms. The first kappa shape index (κ1) is 10.2. The fraction of sp³-hybridized carbons (Fsp3) is 0.800. The Morgan fingerprint density at radius 3 is 2.43 bits per heavy atom. The number of ketones is 1. The normalized spacial score (nSPS) is 35.4. The predicted molar refractivity (Wildman–Crippen MR) is 59.5 cm³/mol. The molecule has 2 atom stereocenters. The van der Waals surface area contributed by atoms with Gasteiger partial charge in [0, 0.05) is 11.9 Å². The van der Waals surface area contributed by atoms with Crippen molar-refractivity contribution in [3.63, 3.8) is 0 Å². The molecule has 0 aromatic heterocycles. The molecule has 2 nitrogen and oxygen atoms in total. The second-order valence-electron chi connectivity index (χ2n) is 4.59. The Hall–Kier alpha value is -0.295. The molecule has 1 saturated carbocycles. The van der Waals surface area contributed by atoms with Gasteiger partial charge in [-0.25, -0.2) is 5.26 Å². The molecule has 0 bridgehead atoms. The second-order valence-corrected chi connectivity index (χ2v) is 5.15. The van der Waals surface area contributed by atoms with Crippen molar-refractivity contribution in [3.05, 3.63) is 0 Å². The van der Waals surface area contributed by atoms with Crippen LogP contribution < -0.4 is 0 Å². The first-order chi connectivity index (χ1) is 6.74. The highest BCUT2D eigenvalue weighted by Gasteiger charge is 2.44. The van der Waals surface area contributed by atoms with E-state index in [2.05, 4.69) is 21.9 Å². The van der Waals surface area contributed by atoms with Crippen LogP contribution in [0.5, 0.6) is 0 Å². The topological polar surface area (TPSA) is 40.9 Å². The Bertz CT molecular complexity index is 274. The Morgan fingerprint density at radius 2 is 2.00 bits per heavy atom. The summed E-state index contributed by atoms with van der Waals surface area (Å²) < 4.78 is 0. The first-order valence-corrected chi connectivity index (χ1v) is 6.35. The summed E-state index contributed by atoms with van der Waals surface area (Å²) in [7, 11) is 0. The average molecular weight is 254 g/mol. The largest absolute Gasteiger partial charge is 0.298 e. The van der Waals surface area contributed by atoms with Gasteiger partial charge in [0.15, 0.2) is 0 Å². The molecule has 1 aliphatic heterocycles. The molecule has 0 N–H and O–H groups in total. The molecule has 2 rings (SSSR count). The van der Waals surface area contributed by atoms with Crippen molar-refractivity contribution >= 4 is 28.4 Å². The SMILES string of the molecule is N#CB1CC2CC(C(=O)CBr)CC2C1. The van der Waals surface area contributed by atoms with Gasteiger partial charge in [-0.1, -0.05) is 28.6 Å². The Labute approximate surface area is 93.3 Å². The van der Waals surface area contributed by atoms with E-state index in [1.165, 1.54) is 0 Å². The molecule has 0 spiro atoms. The van der Waals surface area contributed by atoms with Crippen LogP contribution >= 0.6 is 15.9 Å². The molecule has 14 heavy (non-hydrogen) atoms. The molecule has 1 heterocycles. The highest BCUT2D eigenvalue weighted by Crippen LogP contribution is 2.47. The predicted octanol–water partition coefficient (Wildman–Crippen LogP) is 2.16. The van der Waals surface area contributed by atoms with E-state index in [1.54, 1.807) is 0 Å². The highest BCUT2D eigenvalue weighted by atomic mass is 79.9. The van der Waals surface area contributed by atoms with Crippen LogP contribution in [0.15, 0.2) is 0 Å². The maximum Gasteiger partial charge on any atom is 0.268 e. The van der Waals surface area contributed by atoms with Gasteiger partial charge >= 0.3 is 0 Å². The molecule has 2 fully saturated rings. The standard InChI is InChI=1S/C10H13BBrNO/c12-5-10(14)7-1-8-3-11(6-13)4-9(8)2-7/h7-9H,1-5H2. The minimum atomic E-state index is 0.269. The van der Waals surface area contributed by atoms with E-state index in [4.69, 9.17) is 5.26 Å². The van der Waals surface area contributed by atoms with E-state index < -0.39 is 0 Å². The average Bonchev–Trinajstić information content (AvgIpc) is 2.72. The lowest BCUT2D eigenvalue weighted by Crippen LogP contribution is -2.14. The Balaban J connectivity index is 1.94. The van der Waals surface area contributed by atoms with E-state index in [-0.39, 0.29) is 12.6 Å². The third kappa shape index (κ3) is 1.75. The number of nitriles is 1. The minimum Gasteiger partial charge on any atom is -0.298 e. The molecule has 0 amide bonds. The van der Waals surface area contributed by atoms with Crippen molar-refractivity contribution in [2.24, 2.45) is 17.8 Å². The van der Waals surface area contributed by atoms with Gasteiger partial charge in [-0.2, -0.15) is 0 Å². The van der Waals surface area contributed by atoms with Crippen LogP contribution in [0.3, 0.4) is 0 Å². The minimum absolute atomic E-state index is 0.269. The van der Waals surface area contributed by atoms with E-state index in [9.17, 15) is 4.79 Å². The number of hydrogen-bond donors (Lipinski definition) is 0. The van der Waals surface area contributed by atoms with Crippen molar-refractivity contribution in [2.75, 3.05) is 5.33 Å². The fourth-order valence-electron chi connectivity index (χ4n) is 3.09. The molecule has 1 saturated heterocycles. The molecule has 2 unspecified atom stereocenters. The van der Waals surface area contributed by atoms with Gasteiger partial charge in [0.05, 0.1) is 5.33 Å². The van der Waals surface area contributed by atoms with Crippen LogP contribution in [-0.4, -0.2) is 17.8 Å². The molecule has 2 aliphatic rings. The first-order valence-electron chi connectivity index (χ1n) is 5.23. The van der Waals surface area contributed by atoms with Crippen molar-refractivity contribution in [3.8, 4) is 5.97 Å². The zero-order chi connectivity index (χ0) is 10.1. The van der Waals surface area contributed by atoms with Crippen molar-refractivity contribution in [2.45, 2.75) is 25.5 Å². The van der Waals surface area contributed by atoms with Crippen molar-refractivity contribution in [1.29, 1.82) is 5.26 Å². The number of alkyl halides is 1. The summed E-state index contributed by atoms with van der Waals surface area (Å²) in [6.07, 6.45) is 4.14. The monoisotopic (exact) mass is 253 g/mol. The quantitative estimate of drug-likeness (QED) is 0.559. The molecule has 74 valence electrons. The number of hydrogen-bond acceptors (Lipinski definition) is 2. The smallest absolute Gasteiger partial charge is 0.268 e. The fourth-order valence-corrected chi connectivity index (χ4v) is 3.55. The van der Waals surface area contributed by atoms with Gasteiger partial charge in [0.25, 0.3) is 6.71 Å². The molecular formula is C10H13BBrNO. The molecule has 0 aromatic carbocycles. The van der Waals surface area contributed by atoms with Crippen molar-refractivity contribution in [1.82, 2.24) is 0 Å². The summed E-state index contributed by atoms with van der Waals surface area (Å²) in [5, 5.41) is 9.32. The lowest BCUT2D eigenvalue weighted by Gasteiger charge is -2.07. The molecule has 0 aromatic rings. The van der Waals surface area contributed by atoms with E-state index in [0.717, 1.165) is 25.5 Å². The van der Waals surface area contributed by atoms with Crippen LogP contribution in [0.25, 0.3) is 0 Å². The van der Waals surface area contributed by atoms with Crippen LogP contribution in [0, 0.1) is 29.0 Å². The van der Waals surface area contributed by atoms with Gasteiger partial charge in [0.1, 0.15) is 5.78 Å². The second kappa shape index (κ2) is 4.06. The highest BCUT2D eigenvalue weighted by molar-refractivity contribution is 9.09. The van der Waals surface area contributed by atoms with Gasteiger partial charge < -0.3 is 0 Å². The number of fused-ring (bicyclic) bond motifs is 1. The summed E-state index contributed by atoms with van der Waals surface area (Å²) in [6, 6.07) is 0. The van der Waals surface area contributed by atoms with Crippen LogP contribution in [0.1, 0.15) is 12.8 Å². The molecule has 1 aliphatic carbocycles. The lowest BCUT2D eigenvalue weighted by atomic mass is 9.49. The van der Waals surface area contributed by atoms with Crippen LogP contribution in [0.4, 0.5) is 0 Å². The number of carbonyl (C=O) groups excluding carboxylic acids is 1. The number of Topliss-reactive ketones (excluding diaryl/α,β-unsaturated/α-hetero) is 1. The Kier molecular flexibility index (Phi) is 2.97. The molecule has 0 radical (unpaired) electrons. The third-order valence-electron chi connectivity index (χ3n) is 3.79. The van der Waals surface area contributed by atoms with Crippen LogP contribution in [-0.2, 0) is 4.79 Å². The number of nitrogens with zero attached hydrogens (tertiary/aromatic N) is 1. The summed E-state index contributed by atoms with van der Waals surface area (Å²) in [5.74, 6) is 4.31. The van der Waals surface area contributed by atoms with Crippen molar-refractivity contribution < 1.29 is 4.79 Å². The Morgan fingerprint density at radius 1 is 1.43 bits per heavy atom. The van der Waals surface area contributed by atoms with Gasteiger partial charge in [-0.3, -0.25) is 4.79 Å². The van der Waals surface area contributed by atoms with Gasteiger partial charge in [-0.05, 0) is 24.7 Å². The number of carbonyl (C=O) groups is 1. The number of rotatable bonds is 2. The van der Waals surface area contributed by atoms with E-state index in [0.29, 0.717) is 22.9 Å². The van der Waals surface area contributed by atoms with E-state index >= 15 is 0 Å². The maximum atomic E-state index is 11.5. The number of halogens is 1. The summed E-state index contributed by atoms with van der Waals surface area (Å²) >= 11 is 3.23. The molecular weight excluding hydrogens is 241 g/mol. The third-order valence-corrected chi connectivity index (χ3v) is 4.34. The summed E-state index contributed by atoms with van der Waals surface area (Å²) in [4.78, 5) is 11.5. The summed E-state index contributed by atoms with van der Waals surface area (Å²) in [6.45, 7) is 0.269. The summed E-state index contributed by atoms with van der Waals surface area (Å²) in [5.41, 5.74) is 0. The zero-order valence-electron chi connectivity index (χ0n) is 8.08.